The van der Waals surface area contributed by atoms with Gasteiger partial charge in [0.1, 0.15) is 6.04 Å². The molecule has 1 heterocycles. The molecule has 31 heavy (non-hydrogen) atoms. The molecule has 0 saturated carbocycles. The van der Waals surface area contributed by atoms with Crippen molar-refractivity contribution in [2.75, 3.05) is 20.6 Å². The van der Waals surface area contributed by atoms with Gasteiger partial charge in [0.25, 0.3) is 0 Å². The van der Waals surface area contributed by atoms with E-state index in [0.29, 0.717) is 6.42 Å². The van der Waals surface area contributed by atoms with Gasteiger partial charge in [-0.1, -0.05) is 42.8 Å². The molecule has 0 aromatic heterocycles. The summed E-state index contributed by atoms with van der Waals surface area (Å²) < 4.78 is 25.6. The normalized spacial score (nSPS) is 17.7. The molecule has 164 valence electrons. The van der Waals surface area contributed by atoms with Gasteiger partial charge in [-0.15, -0.1) is 0 Å². The number of piperidine rings is 1. The van der Waals surface area contributed by atoms with Gasteiger partial charge in [0.2, 0.25) is 15.9 Å². The van der Waals surface area contributed by atoms with Gasteiger partial charge in [-0.3, -0.25) is 4.79 Å². The van der Waals surface area contributed by atoms with Crippen molar-refractivity contribution in [1.82, 2.24) is 14.9 Å². The summed E-state index contributed by atoms with van der Waals surface area (Å²) >= 11 is 0. The number of benzene rings is 2. The zero-order chi connectivity index (χ0) is 22.4. The minimum atomic E-state index is -3.45. The van der Waals surface area contributed by atoms with E-state index in [-0.39, 0.29) is 16.8 Å². The molecule has 2 aromatic rings. The first-order valence-corrected chi connectivity index (χ1v) is 11.8. The first-order chi connectivity index (χ1) is 14.8. The van der Waals surface area contributed by atoms with Crippen molar-refractivity contribution in [3.05, 3.63) is 54.1 Å². The molecular formula is C23H28N4O3S. The van der Waals surface area contributed by atoms with E-state index in [1.807, 2.05) is 24.3 Å². The van der Waals surface area contributed by atoms with E-state index in [1.54, 1.807) is 24.3 Å². The third-order valence-electron chi connectivity index (χ3n) is 5.46. The lowest BCUT2D eigenvalue weighted by Crippen LogP contribution is -2.49. The van der Waals surface area contributed by atoms with Gasteiger partial charge >= 0.3 is 0 Å². The van der Waals surface area contributed by atoms with Crippen molar-refractivity contribution in [3.8, 4) is 17.2 Å². The summed E-state index contributed by atoms with van der Waals surface area (Å²) in [4.78, 5) is 12.6. The van der Waals surface area contributed by atoms with E-state index in [4.69, 9.17) is 0 Å². The molecule has 1 aliphatic rings. The molecule has 2 N–H and O–H groups in total. The third-order valence-corrected chi connectivity index (χ3v) is 7.29. The predicted molar refractivity (Wildman–Crippen MR) is 120 cm³/mol. The molecule has 1 saturated heterocycles. The van der Waals surface area contributed by atoms with Gasteiger partial charge in [0, 0.05) is 20.5 Å². The molecule has 2 atom stereocenters. The van der Waals surface area contributed by atoms with E-state index in [0.717, 1.165) is 42.5 Å². The Morgan fingerprint density at radius 2 is 1.74 bits per heavy atom. The summed E-state index contributed by atoms with van der Waals surface area (Å²) in [5.41, 5.74) is 2.79. The second-order valence-corrected chi connectivity index (χ2v) is 10.1. The van der Waals surface area contributed by atoms with E-state index < -0.39 is 16.1 Å². The second-order valence-electron chi connectivity index (χ2n) is 7.91. The molecule has 0 aliphatic carbocycles. The fourth-order valence-corrected chi connectivity index (χ4v) is 4.48. The lowest BCUT2D eigenvalue weighted by Gasteiger charge is -2.23. The number of amides is 1. The van der Waals surface area contributed by atoms with Crippen LogP contribution in [0.4, 0.5) is 0 Å². The van der Waals surface area contributed by atoms with Crippen molar-refractivity contribution in [2.24, 2.45) is 0 Å². The van der Waals surface area contributed by atoms with Crippen LogP contribution in [0.1, 0.15) is 24.8 Å². The zero-order valence-electron chi connectivity index (χ0n) is 17.8. The first kappa shape index (κ1) is 22.9. The SMILES string of the molecule is CN(C)S(=O)(=O)c1ccc(-c2ccc(C[C@@H](C#N)NC(=O)[C@@H]3CCCCN3)cc2)cc1. The fraction of sp³-hybridized carbons (Fsp3) is 0.391. The molecule has 0 bridgehead atoms. The zero-order valence-corrected chi connectivity index (χ0v) is 18.7. The Hall–Kier alpha value is -2.73. The summed E-state index contributed by atoms with van der Waals surface area (Å²) in [5, 5.41) is 15.5. The molecule has 0 unspecified atom stereocenters. The monoisotopic (exact) mass is 440 g/mol. The van der Waals surface area contributed by atoms with Gasteiger partial charge in [0.15, 0.2) is 0 Å². The summed E-state index contributed by atoms with van der Waals surface area (Å²) in [6, 6.07) is 15.8. The Morgan fingerprint density at radius 1 is 1.13 bits per heavy atom. The largest absolute Gasteiger partial charge is 0.339 e. The van der Waals surface area contributed by atoms with Gasteiger partial charge in [-0.05, 0) is 48.2 Å². The van der Waals surface area contributed by atoms with E-state index in [2.05, 4.69) is 16.7 Å². The Bertz CT molecular complexity index is 1040. The maximum Gasteiger partial charge on any atom is 0.242 e. The highest BCUT2D eigenvalue weighted by Crippen LogP contribution is 2.23. The number of sulfonamides is 1. The summed E-state index contributed by atoms with van der Waals surface area (Å²) in [5.74, 6) is -0.115. The molecule has 7 nitrogen and oxygen atoms in total. The van der Waals surface area contributed by atoms with E-state index in [9.17, 15) is 18.5 Å². The summed E-state index contributed by atoms with van der Waals surface area (Å²) in [6.07, 6.45) is 3.32. The highest BCUT2D eigenvalue weighted by Gasteiger charge is 2.23. The van der Waals surface area contributed by atoms with Crippen molar-refractivity contribution in [1.29, 1.82) is 5.26 Å². The lowest BCUT2D eigenvalue weighted by atomic mass is 10.00. The molecule has 1 fully saturated rings. The van der Waals surface area contributed by atoms with Crippen LogP contribution in [0.3, 0.4) is 0 Å². The topological polar surface area (TPSA) is 102 Å². The smallest absolute Gasteiger partial charge is 0.242 e. The quantitative estimate of drug-likeness (QED) is 0.688. The molecule has 1 amide bonds. The Balaban J connectivity index is 1.64. The molecule has 3 rings (SSSR count). The number of nitrogens with zero attached hydrogens (tertiary/aromatic N) is 2. The lowest BCUT2D eigenvalue weighted by molar-refractivity contribution is -0.124. The first-order valence-electron chi connectivity index (χ1n) is 10.4. The fourth-order valence-electron chi connectivity index (χ4n) is 3.58. The number of carbonyl (C=O) groups is 1. The van der Waals surface area contributed by atoms with Crippen LogP contribution in [-0.2, 0) is 21.2 Å². The van der Waals surface area contributed by atoms with Crippen molar-refractivity contribution in [2.45, 2.75) is 42.7 Å². The summed E-state index contributed by atoms with van der Waals surface area (Å²) in [7, 11) is -0.444. The van der Waals surface area contributed by atoms with Gasteiger partial charge in [-0.25, -0.2) is 12.7 Å². The van der Waals surface area contributed by atoms with Gasteiger partial charge in [-0.2, -0.15) is 5.26 Å². The minimum Gasteiger partial charge on any atom is -0.339 e. The molecule has 2 aromatic carbocycles. The minimum absolute atomic E-state index is 0.115. The van der Waals surface area contributed by atoms with Crippen LogP contribution in [0.5, 0.6) is 0 Å². The average Bonchev–Trinajstić information content (AvgIpc) is 2.79. The number of hydrogen-bond donors (Lipinski definition) is 2. The highest BCUT2D eigenvalue weighted by atomic mass is 32.2. The standard InChI is InChI=1S/C23H28N4O3S/c1-27(2)31(29,30)21-12-10-19(11-13-21)18-8-6-17(7-9-18)15-20(16-24)26-23(28)22-5-3-4-14-25-22/h6-13,20,22,25H,3-5,14-15H2,1-2H3,(H,26,28)/t20-,22-/m0/s1. The molecule has 0 spiro atoms. The van der Waals surface area contributed by atoms with Crippen molar-refractivity contribution >= 4 is 15.9 Å². The Labute approximate surface area is 184 Å². The Kier molecular flexibility index (Phi) is 7.44. The maximum absolute atomic E-state index is 12.4. The van der Waals surface area contributed by atoms with Crippen LogP contribution in [0.2, 0.25) is 0 Å². The van der Waals surface area contributed by atoms with Crippen LogP contribution in [-0.4, -0.2) is 51.4 Å². The van der Waals surface area contributed by atoms with E-state index in [1.165, 1.54) is 18.4 Å². The van der Waals surface area contributed by atoms with Crippen LogP contribution in [0.25, 0.3) is 11.1 Å². The highest BCUT2D eigenvalue weighted by molar-refractivity contribution is 7.89. The van der Waals surface area contributed by atoms with Crippen LogP contribution < -0.4 is 10.6 Å². The number of carbonyl (C=O) groups excluding carboxylic acids is 1. The molecular weight excluding hydrogens is 412 g/mol. The van der Waals surface area contributed by atoms with Crippen molar-refractivity contribution in [3.63, 3.8) is 0 Å². The number of nitriles is 1. The average molecular weight is 441 g/mol. The molecule has 0 radical (unpaired) electrons. The predicted octanol–water partition coefficient (Wildman–Crippen LogP) is 2.30. The van der Waals surface area contributed by atoms with Gasteiger partial charge in [0.05, 0.1) is 17.0 Å². The third kappa shape index (κ3) is 5.70. The van der Waals surface area contributed by atoms with Crippen LogP contribution in [0.15, 0.2) is 53.4 Å². The van der Waals surface area contributed by atoms with Crippen LogP contribution in [0, 0.1) is 11.3 Å². The number of rotatable bonds is 7. The van der Waals surface area contributed by atoms with Crippen LogP contribution >= 0.6 is 0 Å². The number of hydrogen-bond acceptors (Lipinski definition) is 5. The van der Waals surface area contributed by atoms with Gasteiger partial charge < -0.3 is 10.6 Å². The number of nitrogens with one attached hydrogen (secondary N) is 2. The molecule has 1 aliphatic heterocycles. The van der Waals surface area contributed by atoms with Crippen molar-refractivity contribution < 1.29 is 13.2 Å². The summed E-state index contributed by atoms with van der Waals surface area (Å²) in [6.45, 7) is 0.832. The maximum atomic E-state index is 12.4. The van der Waals surface area contributed by atoms with E-state index >= 15 is 0 Å². The second kappa shape index (κ2) is 10.1. The Morgan fingerprint density at radius 3 is 2.26 bits per heavy atom. The molecule has 8 heteroatoms.